The number of rotatable bonds is 4. The number of hydrogen-bond acceptors (Lipinski definition) is 2. The summed E-state index contributed by atoms with van der Waals surface area (Å²) in [6, 6.07) is 3.95. The number of pyridine rings is 1. The molecule has 0 bridgehead atoms. The van der Waals surface area contributed by atoms with Crippen molar-refractivity contribution in [2.45, 2.75) is 51.4 Å². The Morgan fingerprint density at radius 1 is 1.18 bits per heavy atom. The Hall–Kier alpha value is -2.08. The molecule has 1 aliphatic rings. The van der Waals surface area contributed by atoms with E-state index < -0.39 is 0 Å². The molecule has 0 amide bonds. The van der Waals surface area contributed by atoms with Gasteiger partial charge in [-0.3, -0.25) is 10.1 Å². The molecule has 0 radical (unpaired) electrons. The largest absolute Gasteiger partial charge is 0.276 e. The molecule has 0 atom stereocenters. The molecule has 3 rings (SSSR count). The second-order valence-corrected chi connectivity index (χ2v) is 6.10. The zero-order valence-electron chi connectivity index (χ0n) is 13.0. The van der Waals surface area contributed by atoms with Crippen LogP contribution in [-0.2, 0) is 0 Å². The predicted octanol–water partition coefficient (Wildman–Crippen LogP) is 4.57. The average molecular weight is 293 g/mol. The van der Waals surface area contributed by atoms with Gasteiger partial charge in [0.05, 0.1) is 17.5 Å². The lowest BCUT2D eigenvalue weighted by atomic mass is 9.86. The van der Waals surface area contributed by atoms with Gasteiger partial charge in [0.25, 0.3) is 0 Å². The molecular weight excluding hydrogens is 270 g/mol. The molecule has 0 spiro atoms. The minimum atomic E-state index is 0.954. The van der Waals surface area contributed by atoms with Crippen molar-refractivity contribution in [1.29, 1.82) is 0 Å². The van der Waals surface area contributed by atoms with Crippen LogP contribution >= 0.6 is 0 Å². The van der Waals surface area contributed by atoms with E-state index in [1.807, 2.05) is 18.3 Å². The zero-order valence-corrected chi connectivity index (χ0v) is 13.0. The van der Waals surface area contributed by atoms with E-state index in [9.17, 15) is 0 Å². The van der Waals surface area contributed by atoms with Gasteiger partial charge in [0.2, 0.25) is 0 Å². The van der Waals surface area contributed by atoms with Gasteiger partial charge in [-0.25, -0.2) is 0 Å². The maximum atomic E-state index is 4.15. The lowest BCUT2D eigenvalue weighted by Crippen LogP contribution is -2.05. The molecule has 114 valence electrons. The van der Waals surface area contributed by atoms with Crippen LogP contribution in [0.25, 0.3) is 11.3 Å². The van der Waals surface area contributed by atoms with Gasteiger partial charge in [0.15, 0.2) is 0 Å². The highest BCUT2D eigenvalue weighted by atomic mass is 15.1. The molecule has 0 aromatic carbocycles. The minimum absolute atomic E-state index is 0.954. The van der Waals surface area contributed by atoms with Gasteiger partial charge in [-0.1, -0.05) is 43.9 Å². The molecule has 0 saturated heterocycles. The summed E-state index contributed by atoms with van der Waals surface area (Å²) in [5.74, 6) is 7.52. The lowest BCUT2D eigenvalue weighted by Gasteiger charge is -2.20. The average Bonchev–Trinajstić information content (AvgIpc) is 3.05. The summed E-state index contributed by atoms with van der Waals surface area (Å²) in [6.45, 7) is 0. The number of hydrogen-bond donors (Lipinski definition) is 1. The van der Waals surface area contributed by atoms with Gasteiger partial charge in [0.1, 0.15) is 0 Å². The van der Waals surface area contributed by atoms with Gasteiger partial charge < -0.3 is 0 Å². The SMILES string of the molecule is C(#Cc1cn[nH]c1-c1cccnc1)CCCC1CCCCC1. The van der Waals surface area contributed by atoms with Gasteiger partial charge in [-0.15, -0.1) is 0 Å². The summed E-state index contributed by atoms with van der Waals surface area (Å²) < 4.78 is 0. The molecule has 1 aliphatic carbocycles. The Labute approximate surface area is 132 Å². The van der Waals surface area contributed by atoms with Crippen LogP contribution in [0.15, 0.2) is 30.7 Å². The van der Waals surface area contributed by atoms with Crippen LogP contribution < -0.4 is 0 Å². The van der Waals surface area contributed by atoms with Crippen LogP contribution in [0.1, 0.15) is 56.9 Å². The van der Waals surface area contributed by atoms with E-state index in [1.54, 1.807) is 12.4 Å². The van der Waals surface area contributed by atoms with Gasteiger partial charge >= 0.3 is 0 Å². The number of nitrogens with one attached hydrogen (secondary N) is 1. The number of nitrogens with zero attached hydrogens (tertiary/aromatic N) is 2. The summed E-state index contributed by atoms with van der Waals surface area (Å²) in [6.07, 6.45) is 16.1. The standard InChI is InChI=1S/C19H23N3/c1-3-8-16(9-4-1)10-5-2-6-11-18-15-21-22-19(18)17-12-7-13-20-14-17/h7,12-16H,1-5,8-10H2,(H,21,22). The van der Waals surface area contributed by atoms with Crippen LogP contribution in [0.3, 0.4) is 0 Å². The van der Waals surface area contributed by atoms with E-state index in [4.69, 9.17) is 0 Å². The number of aromatic nitrogens is 3. The fourth-order valence-electron chi connectivity index (χ4n) is 3.22. The minimum Gasteiger partial charge on any atom is -0.276 e. The third kappa shape index (κ3) is 3.98. The summed E-state index contributed by atoms with van der Waals surface area (Å²) in [5.41, 5.74) is 2.96. The number of aromatic amines is 1. The lowest BCUT2D eigenvalue weighted by molar-refractivity contribution is 0.334. The second kappa shape index (κ2) is 7.79. The second-order valence-electron chi connectivity index (χ2n) is 6.10. The Morgan fingerprint density at radius 2 is 2.09 bits per heavy atom. The Bertz CT molecular complexity index is 627. The van der Waals surface area contributed by atoms with Crippen molar-refractivity contribution in [1.82, 2.24) is 15.2 Å². The van der Waals surface area contributed by atoms with E-state index in [1.165, 1.54) is 44.9 Å². The zero-order chi connectivity index (χ0) is 15.0. The Balaban J connectivity index is 1.53. The predicted molar refractivity (Wildman–Crippen MR) is 89.1 cm³/mol. The molecule has 3 nitrogen and oxygen atoms in total. The first-order valence-electron chi connectivity index (χ1n) is 8.36. The molecule has 1 saturated carbocycles. The molecule has 2 heterocycles. The maximum Gasteiger partial charge on any atom is 0.0822 e. The summed E-state index contributed by atoms with van der Waals surface area (Å²) >= 11 is 0. The molecule has 1 fully saturated rings. The third-order valence-corrected chi connectivity index (χ3v) is 4.45. The Morgan fingerprint density at radius 3 is 2.91 bits per heavy atom. The molecule has 2 aromatic heterocycles. The first-order valence-corrected chi connectivity index (χ1v) is 8.36. The molecule has 0 unspecified atom stereocenters. The first-order chi connectivity index (χ1) is 10.9. The summed E-state index contributed by atoms with van der Waals surface area (Å²) in [4.78, 5) is 4.15. The van der Waals surface area contributed by atoms with E-state index in [0.29, 0.717) is 0 Å². The van der Waals surface area contributed by atoms with Crippen LogP contribution in [0, 0.1) is 17.8 Å². The first kappa shape index (κ1) is 14.8. The monoisotopic (exact) mass is 293 g/mol. The van der Waals surface area contributed by atoms with E-state index in [0.717, 1.165) is 29.2 Å². The topological polar surface area (TPSA) is 41.6 Å². The van der Waals surface area contributed by atoms with Crippen molar-refractivity contribution in [3.8, 4) is 23.1 Å². The number of unbranched alkanes of at least 4 members (excludes halogenated alkanes) is 1. The van der Waals surface area contributed by atoms with Crippen molar-refractivity contribution in [2.24, 2.45) is 5.92 Å². The van der Waals surface area contributed by atoms with Crippen molar-refractivity contribution in [3.63, 3.8) is 0 Å². The highest BCUT2D eigenvalue weighted by Crippen LogP contribution is 2.27. The summed E-state index contributed by atoms with van der Waals surface area (Å²) in [5, 5.41) is 7.14. The molecule has 2 aromatic rings. The van der Waals surface area contributed by atoms with E-state index in [-0.39, 0.29) is 0 Å². The van der Waals surface area contributed by atoms with Crippen LogP contribution in [0.2, 0.25) is 0 Å². The van der Waals surface area contributed by atoms with Crippen molar-refractivity contribution in [2.75, 3.05) is 0 Å². The quantitative estimate of drug-likeness (QED) is 0.662. The van der Waals surface area contributed by atoms with Gasteiger partial charge in [-0.2, -0.15) is 5.10 Å². The van der Waals surface area contributed by atoms with Crippen molar-refractivity contribution < 1.29 is 0 Å². The molecule has 22 heavy (non-hydrogen) atoms. The highest BCUT2D eigenvalue weighted by Gasteiger charge is 2.12. The smallest absolute Gasteiger partial charge is 0.0822 e. The fourth-order valence-corrected chi connectivity index (χ4v) is 3.22. The molecule has 0 aliphatic heterocycles. The third-order valence-electron chi connectivity index (χ3n) is 4.45. The normalized spacial score (nSPS) is 15.3. The maximum absolute atomic E-state index is 4.15. The van der Waals surface area contributed by atoms with Crippen LogP contribution in [0.4, 0.5) is 0 Å². The van der Waals surface area contributed by atoms with E-state index in [2.05, 4.69) is 27.0 Å². The summed E-state index contributed by atoms with van der Waals surface area (Å²) in [7, 11) is 0. The molecule has 1 N–H and O–H groups in total. The number of H-pyrrole nitrogens is 1. The van der Waals surface area contributed by atoms with E-state index >= 15 is 0 Å². The molecular formula is C19H23N3. The highest BCUT2D eigenvalue weighted by molar-refractivity contribution is 5.65. The van der Waals surface area contributed by atoms with Crippen molar-refractivity contribution in [3.05, 3.63) is 36.3 Å². The molecule has 3 heteroatoms. The van der Waals surface area contributed by atoms with Gasteiger partial charge in [-0.05, 0) is 30.9 Å². The van der Waals surface area contributed by atoms with Crippen LogP contribution in [0.5, 0.6) is 0 Å². The fraction of sp³-hybridized carbons (Fsp3) is 0.474. The van der Waals surface area contributed by atoms with Crippen LogP contribution in [-0.4, -0.2) is 15.2 Å². The van der Waals surface area contributed by atoms with Crippen molar-refractivity contribution >= 4 is 0 Å². The van der Waals surface area contributed by atoms with Gasteiger partial charge in [0, 0.05) is 24.4 Å². The Kier molecular flexibility index (Phi) is 5.26.